The zero-order valence-electron chi connectivity index (χ0n) is 14.6. The number of aryl methyl sites for hydroxylation is 2. The molecule has 0 saturated heterocycles. The molecule has 2 heterocycles. The van der Waals surface area contributed by atoms with Gasteiger partial charge in [-0.1, -0.05) is 6.07 Å². The van der Waals surface area contributed by atoms with Gasteiger partial charge in [-0.3, -0.25) is 4.79 Å². The summed E-state index contributed by atoms with van der Waals surface area (Å²) >= 11 is 1.34. The Morgan fingerprint density at radius 1 is 1.08 bits per heavy atom. The number of nitrogens with zero attached hydrogens (tertiary/aromatic N) is 3. The summed E-state index contributed by atoms with van der Waals surface area (Å²) in [5.41, 5.74) is 4.85. The normalized spacial score (nSPS) is 11.0. The van der Waals surface area contributed by atoms with E-state index < -0.39 is 0 Å². The molecule has 2 aromatic carbocycles. The van der Waals surface area contributed by atoms with Crippen molar-refractivity contribution in [2.24, 2.45) is 0 Å². The minimum absolute atomic E-state index is 0.193. The number of carbonyl (C=O) groups is 1. The fourth-order valence-corrected chi connectivity index (χ4v) is 3.93. The Labute approximate surface area is 154 Å². The van der Waals surface area contributed by atoms with E-state index >= 15 is 0 Å². The number of amides is 1. The first-order valence-corrected chi connectivity index (χ1v) is 8.99. The fraction of sp³-hybridized carbons (Fsp3) is 0.158. The van der Waals surface area contributed by atoms with E-state index in [0.29, 0.717) is 11.0 Å². The molecule has 0 radical (unpaired) electrons. The molecule has 0 saturated carbocycles. The second kappa shape index (κ2) is 6.34. The average Bonchev–Trinajstić information content (AvgIpc) is 3.05. The zero-order valence-corrected chi connectivity index (χ0v) is 15.4. The number of carbonyl (C=O) groups excluding carboxylic acids is 1. The van der Waals surface area contributed by atoms with Crippen LogP contribution in [0.1, 0.15) is 20.9 Å². The molecule has 130 valence electrons. The molecule has 4 aromatic rings. The van der Waals surface area contributed by atoms with Crippen molar-refractivity contribution in [1.82, 2.24) is 20.3 Å². The van der Waals surface area contributed by atoms with Crippen molar-refractivity contribution in [2.45, 2.75) is 13.8 Å². The molecule has 0 aliphatic carbocycles. The largest absolute Gasteiger partial charge is 0.353 e. The van der Waals surface area contributed by atoms with E-state index in [2.05, 4.69) is 57.6 Å². The second-order valence-electron chi connectivity index (χ2n) is 6.14. The number of fused-ring (bicyclic) bond motifs is 3. The van der Waals surface area contributed by atoms with Gasteiger partial charge in [0.25, 0.3) is 5.91 Å². The van der Waals surface area contributed by atoms with Crippen LogP contribution in [0.3, 0.4) is 0 Å². The van der Waals surface area contributed by atoms with Crippen LogP contribution in [0, 0.1) is 13.8 Å². The molecular formula is C19H17N5OS. The monoisotopic (exact) mass is 363 g/mol. The smallest absolute Gasteiger partial charge is 0.280 e. The lowest BCUT2D eigenvalue weighted by Gasteiger charge is -2.08. The number of benzene rings is 2. The third kappa shape index (κ3) is 2.97. The van der Waals surface area contributed by atoms with E-state index in [1.807, 2.05) is 12.1 Å². The lowest BCUT2D eigenvalue weighted by molar-refractivity contribution is 0.0963. The van der Waals surface area contributed by atoms with E-state index in [4.69, 9.17) is 0 Å². The topological polar surface area (TPSA) is 79.8 Å². The number of aromatic nitrogens is 3. The van der Waals surface area contributed by atoms with Crippen LogP contribution in [0.4, 0.5) is 11.6 Å². The van der Waals surface area contributed by atoms with Gasteiger partial charge < -0.3 is 10.6 Å². The molecule has 0 aliphatic heterocycles. The molecule has 2 aromatic heterocycles. The number of rotatable bonds is 3. The fourth-order valence-electron chi connectivity index (χ4n) is 2.92. The third-order valence-corrected chi connectivity index (χ3v) is 5.08. The Bertz CT molecular complexity index is 1130. The van der Waals surface area contributed by atoms with Gasteiger partial charge in [0, 0.05) is 24.3 Å². The number of anilines is 2. The summed E-state index contributed by atoms with van der Waals surface area (Å²) in [6.45, 7) is 4.11. The van der Waals surface area contributed by atoms with Gasteiger partial charge in [0.05, 0.1) is 15.7 Å². The summed E-state index contributed by atoms with van der Waals surface area (Å²) < 4.78 is 0.881. The molecule has 0 unspecified atom stereocenters. The molecule has 6 nitrogen and oxygen atoms in total. The van der Waals surface area contributed by atoms with Crippen molar-refractivity contribution in [3.63, 3.8) is 0 Å². The van der Waals surface area contributed by atoms with Crippen LogP contribution in [0.15, 0.2) is 36.5 Å². The third-order valence-electron chi connectivity index (χ3n) is 4.01. The lowest BCUT2D eigenvalue weighted by atomic mass is 10.1. The maximum absolute atomic E-state index is 11.9. The van der Waals surface area contributed by atoms with Gasteiger partial charge >= 0.3 is 0 Å². The molecule has 0 spiro atoms. The first kappa shape index (κ1) is 16.4. The number of hydrogen-bond donors (Lipinski definition) is 2. The summed E-state index contributed by atoms with van der Waals surface area (Å²) in [5.74, 6) is 0.326. The molecule has 0 aliphatic rings. The predicted octanol–water partition coefficient (Wildman–Crippen LogP) is 3.96. The quantitative estimate of drug-likeness (QED) is 0.576. The maximum atomic E-state index is 11.9. The zero-order chi connectivity index (χ0) is 18.3. The van der Waals surface area contributed by atoms with E-state index in [1.54, 1.807) is 13.2 Å². The molecule has 1 amide bonds. The van der Waals surface area contributed by atoms with E-state index in [-0.39, 0.29) is 5.91 Å². The highest BCUT2D eigenvalue weighted by atomic mass is 32.1. The van der Waals surface area contributed by atoms with Crippen molar-refractivity contribution in [1.29, 1.82) is 0 Å². The van der Waals surface area contributed by atoms with Crippen molar-refractivity contribution in [3.8, 4) is 0 Å². The summed E-state index contributed by atoms with van der Waals surface area (Å²) in [6.07, 6.45) is 1.78. The van der Waals surface area contributed by atoms with Crippen LogP contribution in [0.25, 0.3) is 21.1 Å². The molecule has 2 N–H and O–H groups in total. The van der Waals surface area contributed by atoms with E-state index in [9.17, 15) is 4.79 Å². The van der Waals surface area contributed by atoms with Crippen molar-refractivity contribution >= 4 is 50.0 Å². The summed E-state index contributed by atoms with van der Waals surface area (Å²) in [4.78, 5) is 25.4. The summed E-state index contributed by atoms with van der Waals surface area (Å²) in [5, 5.41) is 7.22. The number of thiazole rings is 1. The maximum Gasteiger partial charge on any atom is 0.280 e. The first-order chi connectivity index (χ1) is 12.5. The summed E-state index contributed by atoms with van der Waals surface area (Å²) in [6, 6.07) is 10.0. The minimum Gasteiger partial charge on any atom is -0.353 e. The van der Waals surface area contributed by atoms with Crippen LogP contribution >= 0.6 is 11.3 Å². The average molecular weight is 363 g/mol. The minimum atomic E-state index is -0.193. The molecule has 26 heavy (non-hydrogen) atoms. The number of nitrogens with one attached hydrogen (secondary N) is 2. The summed E-state index contributed by atoms with van der Waals surface area (Å²) in [7, 11) is 1.60. The molecule has 7 heteroatoms. The van der Waals surface area contributed by atoms with Gasteiger partial charge in [0.2, 0.25) is 5.95 Å². The Morgan fingerprint density at radius 2 is 1.85 bits per heavy atom. The van der Waals surface area contributed by atoms with Crippen molar-refractivity contribution in [3.05, 3.63) is 52.7 Å². The highest BCUT2D eigenvalue weighted by molar-refractivity contribution is 7.21. The standard InChI is InChI=1S/C19H17N5OS/c1-10-6-11(2)8-13(7-10)22-19-21-9-12-4-5-14-16(15(12)24-19)26-18(23-14)17(25)20-3/h4-9H,1-3H3,(H,20,25)(H,21,22,24). The SMILES string of the molecule is CNC(=O)c1nc2ccc3cnc(Nc4cc(C)cc(C)c4)nc3c2s1. The highest BCUT2D eigenvalue weighted by Gasteiger charge is 2.14. The van der Waals surface area contributed by atoms with Crippen molar-refractivity contribution in [2.75, 3.05) is 12.4 Å². The Balaban J connectivity index is 1.80. The van der Waals surface area contributed by atoms with E-state index in [1.165, 1.54) is 22.5 Å². The second-order valence-corrected chi connectivity index (χ2v) is 7.14. The van der Waals surface area contributed by atoms with Crippen LogP contribution in [0.5, 0.6) is 0 Å². The van der Waals surface area contributed by atoms with Crippen LogP contribution in [-0.4, -0.2) is 27.9 Å². The molecule has 0 fully saturated rings. The van der Waals surface area contributed by atoms with Gasteiger partial charge in [-0.05, 0) is 49.2 Å². The van der Waals surface area contributed by atoms with Crippen LogP contribution in [0.2, 0.25) is 0 Å². The lowest BCUT2D eigenvalue weighted by Crippen LogP contribution is -2.17. The van der Waals surface area contributed by atoms with Crippen molar-refractivity contribution < 1.29 is 4.79 Å². The Hall–Kier alpha value is -3.06. The van der Waals surface area contributed by atoms with E-state index in [0.717, 1.165) is 26.8 Å². The molecular weight excluding hydrogens is 346 g/mol. The van der Waals surface area contributed by atoms with Crippen LogP contribution < -0.4 is 10.6 Å². The molecule has 0 atom stereocenters. The van der Waals surface area contributed by atoms with Gasteiger partial charge in [-0.15, -0.1) is 11.3 Å². The Kier molecular flexibility index (Phi) is 4.00. The highest BCUT2D eigenvalue weighted by Crippen LogP contribution is 2.30. The van der Waals surface area contributed by atoms with Crippen LogP contribution in [-0.2, 0) is 0 Å². The molecule has 4 rings (SSSR count). The Morgan fingerprint density at radius 3 is 2.58 bits per heavy atom. The van der Waals surface area contributed by atoms with Gasteiger partial charge in [0.1, 0.15) is 0 Å². The van der Waals surface area contributed by atoms with Gasteiger partial charge in [-0.2, -0.15) is 0 Å². The number of hydrogen-bond acceptors (Lipinski definition) is 6. The predicted molar refractivity (Wildman–Crippen MR) is 105 cm³/mol. The van der Waals surface area contributed by atoms with Gasteiger partial charge in [0.15, 0.2) is 5.01 Å². The first-order valence-electron chi connectivity index (χ1n) is 8.17. The van der Waals surface area contributed by atoms with Gasteiger partial charge in [-0.25, -0.2) is 15.0 Å². The molecule has 0 bridgehead atoms.